The Bertz CT molecular complexity index is 892. The van der Waals surface area contributed by atoms with Crippen molar-refractivity contribution in [2.24, 2.45) is 0 Å². The second-order valence-corrected chi connectivity index (χ2v) is 7.42. The van der Waals surface area contributed by atoms with Crippen LogP contribution in [0.3, 0.4) is 0 Å². The number of piperidine rings is 1. The third-order valence-electron chi connectivity index (χ3n) is 5.56. The van der Waals surface area contributed by atoms with Gasteiger partial charge in [-0.05, 0) is 51.2 Å². The van der Waals surface area contributed by atoms with Gasteiger partial charge >= 0.3 is 6.18 Å². The first-order valence-corrected chi connectivity index (χ1v) is 9.64. The fraction of sp³-hybridized carbons (Fsp3) is 0.579. The zero-order valence-electron chi connectivity index (χ0n) is 15.7. The van der Waals surface area contributed by atoms with E-state index in [9.17, 15) is 18.0 Å². The Balaban J connectivity index is 1.65. The van der Waals surface area contributed by atoms with Gasteiger partial charge in [0.05, 0.1) is 17.3 Å². The number of fused-ring (bicyclic) bond motifs is 1. The van der Waals surface area contributed by atoms with E-state index >= 15 is 0 Å². The monoisotopic (exact) mass is 393 g/mol. The first-order valence-electron chi connectivity index (χ1n) is 9.64. The molecule has 4 heterocycles. The van der Waals surface area contributed by atoms with E-state index in [1.165, 1.54) is 13.0 Å². The summed E-state index contributed by atoms with van der Waals surface area (Å²) in [5, 5.41) is 8.66. The van der Waals surface area contributed by atoms with Gasteiger partial charge in [-0.3, -0.25) is 4.79 Å². The summed E-state index contributed by atoms with van der Waals surface area (Å²) in [4.78, 5) is 18.5. The number of pyridine rings is 1. The Labute approximate surface area is 160 Å². The summed E-state index contributed by atoms with van der Waals surface area (Å²) in [5.74, 6) is 1.45. The van der Waals surface area contributed by atoms with Gasteiger partial charge in [0.2, 0.25) is 0 Å². The first kappa shape index (κ1) is 18.9. The zero-order chi connectivity index (χ0) is 19.9. The van der Waals surface area contributed by atoms with E-state index in [-0.39, 0.29) is 23.2 Å². The molecule has 0 radical (unpaired) electrons. The quantitative estimate of drug-likeness (QED) is 0.780. The summed E-state index contributed by atoms with van der Waals surface area (Å²) in [6.45, 7) is 2.84. The van der Waals surface area contributed by atoms with Gasteiger partial charge in [0, 0.05) is 19.5 Å². The molecule has 9 heteroatoms. The summed E-state index contributed by atoms with van der Waals surface area (Å²) in [7, 11) is 0. The van der Waals surface area contributed by atoms with Crippen molar-refractivity contribution in [1.29, 1.82) is 0 Å². The van der Waals surface area contributed by atoms with E-state index in [1.54, 1.807) is 4.90 Å². The van der Waals surface area contributed by atoms with Crippen LogP contribution in [0.5, 0.6) is 0 Å². The fourth-order valence-electron chi connectivity index (χ4n) is 4.12. The van der Waals surface area contributed by atoms with Gasteiger partial charge in [0.25, 0.3) is 5.91 Å². The molecule has 0 saturated carbocycles. The second kappa shape index (κ2) is 7.18. The lowest BCUT2D eigenvalue weighted by Gasteiger charge is -2.36. The van der Waals surface area contributed by atoms with Crippen LogP contribution in [0.15, 0.2) is 12.1 Å². The molecule has 150 valence electrons. The predicted octanol–water partition coefficient (Wildman–Crippen LogP) is 3.70. The molecule has 6 nitrogen and oxygen atoms in total. The van der Waals surface area contributed by atoms with Crippen molar-refractivity contribution in [1.82, 2.24) is 24.6 Å². The van der Waals surface area contributed by atoms with Crippen molar-refractivity contribution in [3.8, 4) is 0 Å². The second-order valence-electron chi connectivity index (χ2n) is 7.42. The minimum atomic E-state index is -4.53. The number of aryl methyl sites for hydroxylation is 2. The highest BCUT2D eigenvalue weighted by Crippen LogP contribution is 2.34. The highest BCUT2D eigenvalue weighted by atomic mass is 19.4. The number of alkyl halides is 3. The van der Waals surface area contributed by atoms with Gasteiger partial charge in [0.15, 0.2) is 5.82 Å². The van der Waals surface area contributed by atoms with E-state index in [0.29, 0.717) is 6.54 Å². The SMILES string of the molecule is Cc1nc(C(F)(F)F)ccc1C(=O)N1CCCCC1c1nnc2n1CCCC2. The minimum absolute atomic E-state index is 0.0902. The summed E-state index contributed by atoms with van der Waals surface area (Å²) < 4.78 is 40.8. The normalized spacial score (nSPS) is 20.1. The van der Waals surface area contributed by atoms with Crippen molar-refractivity contribution in [2.75, 3.05) is 6.54 Å². The third kappa shape index (κ3) is 3.38. The molecule has 2 aromatic rings. The maximum absolute atomic E-state index is 13.2. The number of nitrogens with zero attached hydrogens (tertiary/aromatic N) is 5. The maximum atomic E-state index is 13.2. The smallest absolute Gasteiger partial charge is 0.328 e. The van der Waals surface area contributed by atoms with Crippen LogP contribution in [0.1, 0.15) is 71.5 Å². The molecule has 0 spiro atoms. The molecule has 0 aromatic carbocycles. The zero-order valence-corrected chi connectivity index (χ0v) is 15.7. The molecule has 1 unspecified atom stereocenters. The van der Waals surface area contributed by atoms with Crippen molar-refractivity contribution < 1.29 is 18.0 Å². The predicted molar refractivity (Wildman–Crippen MR) is 94.6 cm³/mol. The topological polar surface area (TPSA) is 63.9 Å². The fourth-order valence-corrected chi connectivity index (χ4v) is 4.12. The molecule has 1 fully saturated rings. The molecule has 2 aliphatic rings. The Morgan fingerprint density at radius 2 is 1.89 bits per heavy atom. The van der Waals surface area contributed by atoms with Gasteiger partial charge in [-0.1, -0.05) is 0 Å². The maximum Gasteiger partial charge on any atom is 0.433 e. The van der Waals surface area contributed by atoms with E-state index in [1.807, 2.05) is 0 Å². The molecule has 2 aliphatic heterocycles. The van der Waals surface area contributed by atoms with Crippen LogP contribution < -0.4 is 0 Å². The van der Waals surface area contributed by atoms with Crippen molar-refractivity contribution in [3.63, 3.8) is 0 Å². The average Bonchev–Trinajstić information content (AvgIpc) is 3.11. The van der Waals surface area contributed by atoms with E-state index < -0.39 is 11.9 Å². The summed E-state index contributed by atoms with van der Waals surface area (Å²) in [6.07, 6.45) is 1.10. The Morgan fingerprint density at radius 1 is 1.11 bits per heavy atom. The molecule has 4 rings (SSSR count). The molecular formula is C19H22F3N5O. The van der Waals surface area contributed by atoms with Gasteiger partial charge in [-0.25, -0.2) is 4.98 Å². The molecule has 0 bridgehead atoms. The third-order valence-corrected chi connectivity index (χ3v) is 5.56. The highest BCUT2D eigenvalue weighted by Gasteiger charge is 2.36. The van der Waals surface area contributed by atoms with Crippen LogP contribution in [0.25, 0.3) is 0 Å². The largest absolute Gasteiger partial charge is 0.433 e. The molecule has 0 N–H and O–H groups in total. The van der Waals surface area contributed by atoms with Gasteiger partial charge in [-0.15, -0.1) is 10.2 Å². The number of likely N-dealkylation sites (tertiary alicyclic amines) is 1. The number of hydrogen-bond acceptors (Lipinski definition) is 4. The molecule has 28 heavy (non-hydrogen) atoms. The first-order chi connectivity index (χ1) is 13.4. The van der Waals surface area contributed by atoms with Crippen molar-refractivity contribution >= 4 is 5.91 Å². The summed E-state index contributed by atoms with van der Waals surface area (Å²) >= 11 is 0. The van der Waals surface area contributed by atoms with Gasteiger partial charge in [0.1, 0.15) is 11.5 Å². The number of hydrogen-bond donors (Lipinski definition) is 0. The summed E-state index contributed by atoms with van der Waals surface area (Å²) in [6, 6.07) is 1.90. The van der Waals surface area contributed by atoms with Crippen LogP contribution in [-0.2, 0) is 19.1 Å². The number of carbonyl (C=O) groups excluding carboxylic acids is 1. The Hall–Kier alpha value is -2.45. The lowest BCUT2D eigenvalue weighted by Crippen LogP contribution is -2.40. The average molecular weight is 393 g/mol. The molecule has 1 atom stereocenters. The number of halogens is 3. The van der Waals surface area contributed by atoms with Crippen LogP contribution >= 0.6 is 0 Å². The van der Waals surface area contributed by atoms with Crippen LogP contribution in [0.2, 0.25) is 0 Å². The van der Waals surface area contributed by atoms with E-state index in [0.717, 1.165) is 62.8 Å². The molecule has 2 aromatic heterocycles. The molecule has 1 saturated heterocycles. The summed E-state index contributed by atoms with van der Waals surface area (Å²) in [5.41, 5.74) is -0.686. The van der Waals surface area contributed by atoms with Crippen molar-refractivity contribution in [3.05, 3.63) is 40.7 Å². The van der Waals surface area contributed by atoms with Crippen LogP contribution in [-0.4, -0.2) is 37.1 Å². The van der Waals surface area contributed by atoms with Crippen LogP contribution in [0.4, 0.5) is 13.2 Å². The highest BCUT2D eigenvalue weighted by molar-refractivity contribution is 5.95. The molecule has 1 amide bonds. The standard InChI is InChI=1S/C19H22F3N5O/c1-12-13(8-9-15(23-12)19(20,21)22)18(28)26-10-4-2-6-14(26)17-25-24-16-7-3-5-11-27(16)17/h8-9,14H,2-7,10-11H2,1H3. The Morgan fingerprint density at radius 3 is 2.64 bits per heavy atom. The van der Waals surface area contributed by atoms with E-state index in [4.69, 9.17) is 0 Å². The van der Waals surface area contributed by atoms with Gasteiger partial charge in [-0.2, -0.15) is 13.2 Å². The molecular weight excluding hydrogens is 371 g/mol. The number of aromatic nitrogens is 4. The number of amides is 1. The minimum Gasteiger partial charge on any atom is -0.328 e. The number of rotatable bonds is 2. The van der Waals surface area contributed by atoms with E-state index in [2.05, 4.69) is 19.7 Å². The van der Waals surface area contributed by atoms with Crippen LogP contribution in [0, 0.1) is 6.92 Å². The lowest BCUT2D eigenvalue weighted by atomic mass is 9.99. The van der Waals surface area contributed by atoms with Gasteiger partial charge < -0.3 is 9.47 Å². The number of carbonyl (C=O) groups is 1. The Kier molecular flexibility index (Phi) is 4.84. The lowest BCUT2D eigenvalue weighted by molar-refractivity contribution is -0.141. The molecule has 0 aliphatic carbocycles. The van der Waals surface area contributed by atoms with Crippen molar-refractivity contribution in [2.45, 2.75) is 64.2 Å².